The Bertz CT molecular complexity index is 627. The molecule has 0 saturated carbocycles. The van der Waals surface area contributed by atoms with Gasteiger partial charge in [0.2, 0.25) is 0 Å². The molecule has 4 nitrogen and oxygen atoms in total. The Balaban J connectivity index is 2.44. The van der Waals surface area contributed by atoms with Crippen molar-refractivity contribution in [2.75, 3.05) is 11.4 Å². The highest BCUT2D eigenvalue weighted by Crippen LogP contribution is 2.44. The first-order valence-electron chi connectivity index (χ1n) is 7.96. The van der Waals surface area contributed by atoms with E-state index in [1.54, 1.807) is 6.21 Å². The third-order valence-electron chi connectivity index (χ3n) is 4.33. The van der Waals surface area contributed by atoms with Gasteiger partial charge < -0.3 is 10.6 Å². The average molecular weight is 353 g/mol. The maximum Gasteiger partial charge on any atom is 0.184 e. The molecule has 1 atom stereocenters. The first-order chi connectivity index (χ1) is 10.8. The molecule has 2 rings (SSSR count). The van der Waals surface area contributed by atoms with E-state index in [1.807, 2.05) is 0 Å². The summed E-state index contributed by atoms with van der Waals surface area (Å²) in [5.74, 6) is 0.473. The Morgan fingerprint density at radius 2 is 2.26 bits per heavy atom. The van der Waals surface area contributed by atoms with E-state index in [9.17, 15) is 0 Å². The lowest BCUT2D eigenvalue weighted by molar-refractivity contribution is 0.376. The van der Waals surface area contributed by atoms with E-state index in [-0.39, 0.29) is 10.7 Å². The van der Waals surface area contributed by atoms with E-state index in [2.05, 4.69) is 55.3 Å². The van der Waals surface area contributed by atoms with Crippen molar-refractivity contribution in [1.29, 1.82) is 0 Å². The standard InChI is InChI=1S/C17H25ClN4S/c1-5-6-22-15-8-14(18)12(10-20-21-16(19)23)7-13(15)11(2)9-17(22,3)4/h7-8,10-11H,5-6,9H2,1-4H3,(H3,19,21,23)/b20-10-. The number of benzene rings is 1. The Morgan fingerprint density at radius 3 is 2.87 bits per heavy atom. The van der Waals surface area contributed by atoms with Gasteiger partial charge in [-0.3, -0.25) is 5.43 Å². The van der Waals surface area contributed by atoms with Crippen molar-refractivity contribution < 1.29 is 0 Å². The monoisotopic (exact) mass is 352 g/mol. The number of nitrogens with zero attached hydrogens (tertiary/aromatic N) is 2. The second-order valence-corrected chi connectivity index (χ2v) is 7.58. The summed E-state index contributed by atoms with van der Waals surface area (Å²) >= 11 is 11.2. The van der Waals surface area contributed by atoms with Gasteiger partial charge in [0.15, 0.2) is 5.11 Å². The molecular formula is C17H25ClN4S. The molecule has 1 aliphatic heterocycles. The molecule has 1 heterocycles. The quantitative estimate of drug-likeness (QED) is 0.488. The van der Waals surface area contributed by atoms with Crippen LogP contribution in [0.15, 0.2) is 17.2 Å². The number of rotatable bonds is 4. The fourth-order valence-corrected chi connectivity index (χ4v) is 3.69. The van der Waals surface area contributed by atoms with Crippen LogP contribution < -0.4 is 16.1 Å². The number of hydrogen-bond acceptors (Lipinski definition) is 3. The lowest BCUT2D eigenvalue weighted by atomic mass is 9.79. The third kappa shape index (κ3) is 3.96. The van der Waals surface area contributed by atoms with E-state index < -0.39 is 0 Å². The molecule has 1 unspecified atom stereocenters. The molecule has 0 amide bonds. The third-order valence-corrected chi connectivity index (χ3v) is 4.75. The summed E-state index contributed by atoms with van der Waals surface area (Å²) in [4.78, 5) is 2.47. The molecule has 0 aromatic heterocycles. The summed E-state index contributed by atoms with van der Waals surface area (Å²) in [5, 5.41) is 4.84. The minimum Gasteiger partial charge on any atom is -0.375 e. The maximum atomic E-state index is 6.47. The molecule has 23 heavy (non-hydrogen) atoms. The van der Waals surface area contributed by atoms with Crippen molar-refractivity contribution in [2.45, 2.75) is 52.0 Å². The normalized spacial score (nSPS) is 19.7. The minimum absolute atomic E-state index is 0.134. The largest absolute Gasteiger partial charge is 0.375 e. The van der Waals surface area contributed by atoms with Gasteiger partial charge in [-0.05, 0) is 62.5 Å². The topological polar surface area (TPSA) is 53.6 Å². The van der Waals surface area contributed by atoms with E-state index in [0.29, 0.717) is 10.9 Å². The van der Waals surface area contributed by atoms with Crippen LogP contribution in [-0.2, 0) is 0 Å². The summed E-state index contributed by atoms with van der Waals surface area (Å²) in [6.45, 7) is 10.1. The molecule has 1 aromatic rings. The predicted octanol–water partition coefficient (Wildman–Crippen LogP) is 4.01. The summed E-state index contributed by atoms with van der Waals surface area (Å²) in [6, 6.07) is 4.19. The van der Waals surface area contributed by atoms with E-state index >= 15 is 0 Å². The van der Waals surface area contributed by atoms with Crippen LogP contribution in [0.5, 0.6) is 0 Å². The second kappa shape index (κ2) is 7.05. The van der Waals surface area contributed by atoms with Crippen LogP contribution in [0.3, 0.4) is 0 Å². The summed E-state index contributed by atoms with van der Waals surface area (Å²) in [5.41, 5.74) is 11.5. The number of nitrogens with one attached hydrogen (secondary N) is 1. The Labute approximate surface area is 149 Å². The molecule has 0 radical (unpaired) electrons. The summed E-state index contributed by atoms with van der Waals surface area (Å²) in [7, 11) is 0. The lowest BCUT2D eigenvalue weighted by Gasteiger charge is -2.47. The van der Waals surface area contributed by atoms with Crippen LogP contribution >= 0.6 is 23.8 Å². The molecule has 0 fully saturated rings. The molecule has 3 N–H and O–H groups in total. The summed E-state index contributed by atoms with van der Waals surface area (Å²) < 4.78 is 0. The van der Waals surface area contributed by atoms with Gasteiger partial charge in [-0.1, -0.05) is 25.4 Å². The van der Waals surface area contributed by atoms with Gasteiger partial charge in [0.1, 0.15) is 0 Å². The number of nitrogens with two attached hydrogens (primary N) is 1. The van der Waals surface area contributed by atoms with Crippen molar-refractivity contribution >= 4 is 40.8 Å². The van der Waals surface area contributed by atoms with Gasteiger partial charge >= 0.3 is 0 Å². The second-order valence-electron chi connectivity index (χ2n) is 6.74. The zero-order valence-corrected chi connectivity index (χ0v) is 15.8. The molecule has 0 aliphatic carbocycles. The van der Waals surface area contributed by atoms with Crippen molar-refractivity contribution in [3.8, 4) is 0 Å². The van der Waals surface area contributed by atoms with Crippen molar-refractivity contribution in [2.24, 2.45) is 10.8 Å². The fraction of sp³-hybridized carbons (Fsp3) is 0.529. The average Bonchev–Trinajstić information content (AvgIpc) is 2.43. The van der Waals surface area contributed by atoms with Crippen LogP contribution in [0.25, 0.3) is 0 Å². The van der Waals surface area contributed by atoms with Crippen LogP contribution in [-0.4, -0.2) is 23.4 Å². The molecule has 1 aliphatic rings. The Hall–Kier alpha value is -1.33. The van der Waals surface area contributed by atoms with Crippen molar-refractivity contribution in [3.05, 3.63) is 28.3 Å². The predicted molar refractivity (Wildman–Crippen MR) is 104 cm³/mol. The molecule has 1 aromatic carbocycles. The molecule has 6 heteroatoms. The van der Waals surface area contributed by atoms with E-state index in [0.717, 1.165) is 24.9 Å². The van der Waals surface area contributed by atoms with Crippen LogP contribution in [0.1, 0.15) is 57.6 Å². The summed E-state index contributed by atoms with van der Waals surface area (Å²) in [6.07, 6.45) is 3.89. The number of anilines is 1. The van der Waals surface area contributed by atoms with Crippen LogP contribution in [0.4, 0.5) is 5.69 Å². The van der Waals surface area contributed by atoms with Crippen molar-refractivity contribution in [3.63, 3.8) is 0 Å². The molecule has 0 saturated heterocycles. The first-order valence-corrected chi connectivity index (χ1v) is 8.74. The number of halogens is 1. The lowest BCUT2D eigenvalue weighted by Crippen LogP contribution is -2.48. The minimum atomic E-state index is 0.134. The van der Waals surface area contributed by atoms with Gasteiger partial charge in [0.05, 0.1) is 11.2 Å². The molecule has 0 bridgehead atoms. The zero-order chi connectivity index (χ0) is 17.2. The van der Waals surface area contributed by atoms with E-state index in [1.165, 1.54) is 11.3 Å². The zero-order valence-electron chi connectivity index (χ0n) is 14.2. The maximum absolute atomic E-state index is 6.47. The van der Waals surface area contributed by atoms with Gasteiger partial charge in [-0.15, -0.1) is 0 Å². The highest BCUT2D eigenvalue weighted by molar-refractivity contribution is 7.80. The van der Waals surface area contributed by atoms with Crippen molar-refractivity contribution in [1.82, 2.24) is 5.43 Å². The fourth-order valence-electron chi connectivity index (χ4n) is 3.43. The van der Waals surface area contributed by atoms with Gasteiger partial charge in [-0.25, -0.2) is 0 Å². The Morgan fingerprint density at radius 1 is 1.57 bits per heavy atom. The highest BCUT2D eigenvalue weighted by Gasteiger charge is 2.36. The Kier molecular flexibility index (Phi) is 5.53. The molecule has 126 valence electrons. The van der Waals surface area contributed by atoms with Crippen LogP contribution in [0, 0.1) is 0 Å². The van der Waals surface area contributed by atoms with Gasteiger partial charge in [0.25, 0.3) is 0 Å². The first kappa shape index (κ1) is 18.0. The molecular weight excluding hydrogens is 328 g/mol. The number of thiocarbonyl (C=S) groups is 1. The van der Waals surface area contributed by atoms with Gasteiger partial charge in [-0.2, -0.15) is 5.10 Å². The smallest absolute Gasteiger partial charge is 0.184 e. The number of fused-ring (bicyclic) bond motifs is 1. The SMILES string of the molecule is CCCN1c2cc(Cl)c(/C=N\NC(N)=S)cc2C(C)CC1(C)C. The number of hydrazone groups is 1. The molecule has 0 spiro atoms. The highest BCUT2D eigenvalue weighted by atomic mass is 35.5. The van der Waals surface area contributed by atoms with E-state index in [4.69, 9.17) is 29.6 Å². The van der Waals surface area contributed by atoms with Crippen LogP contribution in [0.2, 0.25) is 5.02 Å². The number of hydrogen-bond donors (Lipinski definition) is 2. The van der Waals surface area contributed by atoms with Gasteiger partial charge in [0, 0.05) is 23.3 Å².